The van der Waals surface area contributed by atoms with Gasteiger partial charge in [-0.15, -0.1) is 0 Å². The van der Waals surface area contributed by atoms with E-state index < -0.39 is 0 Å². The van der Waals surface area contributed by atoms with Crippen LogP contribution in [0.5, 0.6) is 0 Å². The third kappa shape index (κ3) is 17.0. The standard InChI is InChI=1S/C10H19.C5H10.2CH3.ClH.Ti/c1-10(2,3)8-9-6-4-5-7-9;1-2-4-5-3-1;;;;/h8-9H,4-7H2,1-3H3;1-5H2;2*1H3;1H;/q-1;;2*-1;;+4/p-1. The molecule has 0 unspecified atom stereocenters. The van der Waals surface area contributed by atoms with E-state index in [1.54, 1.807) is 0 Å². The van der Waals surface area contributed by atoms with Crippen LogP contribution in [0.1, 0.15) is 78.6 Å². The van der Waals surface area contributed by atoms with Gasteiger partial charge in [-0.3, -0.25) is 0 Å². The Bertz CT molecular complexity index is 146. The SMILES string of the molecule is C1CCCC1.CC(C)(C)[CH-]C1CCCC1.[CH3-].[CH3-].[Cl][Ti+3]. The molecular formula is C17H35ClTi. The summed E-state index contributed by atoms with van der Waals surface area (Å²) in [6.45, 7) is 6.89. The van der Waals surface area contributed by atoms with E-state index in [4.69, 9.17) is 0 Å². The van der Waals surface area contributed by atoms with Crippen LogP contribution in [0, 0.1) is 32.6 Å². The van der Waals surface area contributed by atoms with E-state index in [9.17, 15) is 0 Å². The number of halogens is 1. The van der Waals surface area contributed by atoms with Crippen LogP contribution in [-0.4, -0.2) is 0 Å². The first-order valence-corrected chi connectivity index (χ1v) is 9.28. The molecule has 0 aromatic carbocycles. The minimum atomic E-state index is 0. The van der Waals surface area contributed by atoms with Crippen molar-refractivity contribution in [3.63, 3.8) is 0 Å². The fraction of sp³-hybridized carbons (Fsp3) is 0.824. The van der Waals surface area contributed by atoms with Crippen molar-refractivity contribution in [2.45, 2.75) is 78.6 Å². The molecule has 2 saturated carbocycles. The summed E-state index contributed by atoms with van der Waals surface area (Å²) >= 11 is 1.47. The number of rotatable bonds is 1. The van der Waals surface area contributed by atoms with Gasteiger partial charge in [0, 0.05) is 0 Å². The van der Waals surface area contributed by atoms with Gasteiger partial charge in [-0.1, -0.05) is 78.6 Å². The van der Waals surface area contributed by atoms with E-state index >= 15 is 0 Å². The van der Waals surface area contributed by atoms with E-state index in [2.05, 4.69) is 36.5 Å². The molecule has 114 valence electrons. The van der Waals surface area contributed by atoms with Gasteiger partial charge in [0.05, 0.1) is 0 Å². The fourth-order valence-corrected chi connectivity index (χ4v) is 2.72. The molecule has 0 N–H and O–H groups in total. The van der Waals surface area contributed by atoms with Crippen LogP contribution in [0.3, 0.4) is 0 Å². The van der Waals surface area contributed by atoms with Crippen LogP contribution in [0.25, 0.3) is 0 Å². The zero-order chi connectivity index (χ0) is 13.1. The van der Waals surface area contributed by atoms with Crippen molar-refractivity contribution in [3.8, 4) is 0 Å². The monoisotopic (exact) mass is 322 g/mol. The molecule has 2 aliphatic carbocycles. The average molecular weight is 323 g/mol. The van der Waals surface area contributed by atoms with Crippen molar-refractivity contribution < 1.29 is 19.4 Å². The summed E-state index contributed by atoms with van der Waals surface area (Å²) in [5.74, 6) is 0.931. The van der Waals surface area contributed by atoms with Crippen LogP contribution in [0.4, 0.5) is 0 Å². The molecule has 0 heterocycles. The molecule has 0 aliphatic heterocycles. The molecule has 2 aliphatic rings. The molecular weight excluding hydrogens is 288 g/mol. The van der Waals surface area contributed by atoms with Crippen LogP contribution in [0.15, 0.2) is 0 Å². The van der Waals surface area contributed by atoms with Gasteiger partial charge in [-0.25, -0.2) is 0 Å². The van der Waals surface area contributed by atoms with Gasteiger partial charge < -0.3 is 21.3 Å². The third-order valence-electron chi connectivity index (χ3n) is 3.39. The average Bonchev–Trinajstić information content (AvgIpc) is 2.91. The summed E-state index contributed by atoms with van der Waals surface area (Å²) in [6, 6.07) is 0. The Kier molecular flexibility index (Phi) is 20.2. The van der Waals surface area contributed by atoms with Crippen LogP contribution >= 0.6 is 9.30 Å². The van der Waals surface area contributed by atoms with E-state index in [-0.39, 0.29) is 14.9 Å². The molecule has 0 saturated heterocycles. The Morgan fingerprint density at radius 2 is 1.11 bits per heavy atom. The van der Waals surface area contributed by atoms with Gasteiger partial charge >= 0.3 is 28.7 Å². The van der Waals surface area contributed by atoms with Crippen molar-refractivity contribution in [2.24, 2.45) is 11.3 Å². The molecule has 19 heavy (non-hydrogen) atoms. The van der Waals surface area contributed by atoms with Crippen molar-refractivity contribution in [2.75, 3.05) is 0 Å². The minimum absolute atomic E-state index is 0. The summed E-state index contributed by atoms with van der Waals surface area (Å²) in [5, 5.41) is 0. The molecule has 0 bridgehead atoms. The predicted octanol–water partition coefficient (Wildman–Crippen LogP) is 6.97. The van der Waals surface area contributed by atoms with Gasteiger partial charge in [0.25, 0.3) is 0 Å². The summed E-state index contributed by atoms with van der Waals surface area (Å²) in [4.78, 5) is 0. The predicted molar refractivity (Wildman–Crippen MR) is 87.5 cm³/mol. The van der Waals surface area contributed by atoms with Crippen molar-refractivity contribution >= 4 is 9.30 Å². The van der Waals surface area contributed by atoms with Crippen molar-refractivity contribution in [1.29, 1.82) is 0 Å². The Morgan fingerprint density at radius 3 is 1.37 bits per heavy atom. The second-order valence-corrected chi connectivity index (χ2v) is 6.34. The normalized spacial score (nSPS) is 18.2. The van der Waals surface area contributed by atoms with E-state index in [1.807, 2.05) is 0 Å². The molecule has 0 atom stereocenters. The molecule has 2 fully saturated rings. The zero-order valence-corrected chi connectivity index (χ0v) is 16.2. The topological polar surface area (TPSA) is 0 Å². The van der Waals surface area contributed by atoms with Gasteiger partial charge in [0.15, 0.2) is 0 Å². The Hall–Kier alpha value is 1.00. The molecule has 0 aromatic rings. The van der Waals surface area contributed by atoms with Crippen LogP contribution in [0.2, 0.25) is 0 Å². The Morgan fingerprint density at radius 1 is 0.789 bits per heavy atom. The molecule has 0 radical (unpaired) electrons. The molecule has 2 rings (SSSR count). The Labute approximate surface area is 139 Å². The zero-order valence-electron chi connectivity index (χ0n) is 13.9. The summed E-state index contributed by atoms with van der Waals surface area (Å²) in [7, 11) is 4.64. The Balaban J connectivity index is -0.000000244. The van der Waals surface area contributed by atoms with E-state index in [0.717, 1.165) is 5.92 Å². The summed E-state index contributed by atoms with van der Waals surface area (Å²) in [5.41, 5.74) is 0.439. The van der Waals surface area contributed by atoms with E-state index in [1.165, 1.54) is 77.2 Å². The molecule has 0 spiro atoms. The van der Waals surface area contributed by atoms with Gasteiger partial charge in [0.1, 0.15) is 0 Å². The molecule has 0 aromatic heterocycles. The molecule has 2 heteroatoms. The second kappa shape index (κ2) is 15.4. The van der Waals surface area contributed by atoms with Crippen molar-refractivity contribution in [1.82, 2.24) is 0 Å². The quantitative estimate of drug-likeness (QED) is 0.361. The molecule has 0 amide bonds. The second-order valence-electron chi connectivity index (χ2n) is 6.34. The molecule has 0 nitrogen and oxygen atoms in total. The first-order chi connectivity index (χ1) is 8.08. The third-order valence-corrected chi connectivity index (χ3v) is 3.39. The number of hydrogen-bond acceptors (Lipinski definition) is 0. The van der Waals surface area contributed by atoms with Gasteiger partial charge in [-0.2, -0.15) is 11.3 Å². The van der Waals surface area contributed by atoms with Gasteiger partial charge in [0.2, 0.25) is 0 Å². The fourth-order valence-electron chi connectivity index (χ4n) is 2.72. The maximum atomic E-state index is 4.64. The first-order valence-electron chi connectivity index (χ1n) is 7.13. The van der Waals surface area contributed by atoms with Crippen molar-refractivity contribution in [3.05, 3.63) is 21.3 Å². The summed E-state index contributed by atoms with van der Waals surface area (Å²) < 4.78 is 0. The maximum absolute atomic E-state index is 4.64. The first kappa shape index (κ1) is 25.0. The summed E-state index contributed by atoms with van der Waals surface area (Å²) in [6.07, 6.45) is 15.8. The van der Waals surface area contributed by atoms with E-state index in [0.29, 0.717) is 5.41 Å². The number of hydrogen-bond donors (Lipinski definition) is 0. The van der Waals surface area contributed by atoms with Crippen LogP contribution < -0.4 is 0 Å². The van der Waals surface area contributed by atoms with Crippen LogP contribution in [-0.2, 0) is 19.4 Å². The van der Waals surface area contributed by atoms with Gasteiger partial charge in [-0.05, 0) is 0 Å².